The molecule has 0 atom stereocenters. The van der Waals surface area contributed by atoms with Crippen LogP contribution in [-0.4, -0.2) is 35.9 Å². The lowest BCUT2D eigenvalue weighted by molar-refractivity contribution is 0.541. The highest BCUT2D eigenvalue weighted by molar-refractivity contribution is 5.83. The van der Waals surface area contributed by atoms with E-state index >= 15 is 0 Å². The molecule has 0 saturated heterocycles. The van der Waals surface area contributed by atoms with Gasteiger partial charge >= 0.3 is 0 Å². The van der Waals surface area contributed by atoms with Crippen molar-refractivity contribution in [1.29, 1.82) is 0 Å². The first-order chi connectivity index (χ1) is 7.36. The van der Waals surface area contributed by atoms with E-state index in [0.717, 1.165) is 32.4 Å². The summed E-state index contributed by atoms with van der Waals surface area (Å²) in [6.07, 6.45) is 7.11. The summed E-state index contributed by atoms with van der Waals surface area (Å²) in [5, 5.41) is 0. The number of hydrogen-bond acceptors (Lipinski definition) is 3. The molecule has 0 amide bonds. The van der Waals surface area contributed by atoms with Crippen molar-refractivity contribution in [3.05, 3.63) is 30.1 Å². The lowest BCUT2D eigenvalue weighted by Gasteiger charge is -2.13. The zero-order chi connectivity index (χ0) is 10.5. The van der Waals surface area contributed by atoms with Gasteiger partial charge in [-0.1, -0.05) is 6.07 Å². The largest absolute Gasteiger partial charge is 0.362 e. The Morgan fingerprint density at radius 3 is 3.00 bits per heavy atom. The molecule has 0 saturated carbocycles. The van der Waals surface area contributed by atoms with Gasteiger partial charge in [0.15, 0.2) is 0 Å². The molecule has 80 valence electrons. The number of aryl methyl sites for hydroxylation is 1. The van der Waals surface area contributed by atoms with E-state index < -0.39 is 0 Å². The number of nitrogens with zero attached hydrogens (tertiary/aromatic N) is 3. The number of aromatic nitrogens is 1. The Labute approximate surface area is 90.9 Å². The fourth-order valence-electron chi connectivity index (χ4n) is 1.85. The Morgan fingerprint density at radius 1 is 1.40 bits per heavy atom. The molecule has 0 N–H and O–H groups in total. The third-order valence-electron chi connectivity index (χ3n) is 2.76. The summed E-state index contributed by atoms with van der Waals surface area (Å²) < 4.78 is 0. The molecule has 2 heterocycles. The smallest absolute Gasteiger partial charge is 0.0987 e. The van der Waals surface area contributed by atoms with Crippen molar-refractivity contribution >= 4 is 5.84 Å². The molecule has 0 bridgehead atoms. The van der Waals surface area contributed by atoms with E-state index in [4.69, 9.17) is 0 Å². The van der Waals surface area contributed by atoms with Crippen LogP contribution >= 0.6 is 0 Å². The van der Waals surface area contributed by atoms with E-state index in [0.29, 0.717) is 0 Å². The zero-order valence-electron chi connectivity index (χ0n) is 9.19. The monoisotopic (exact) mass is 203 g/mol. The van der Waals surface area contributed by atoms with Crippen LogP contribution in [0.4, 0.5) is 0 Å². The van der Waals surface area contributed by atoms with Crippen LogP contribution in [0.1, 0.15) is 18.4 Å². The van der Waals surface area contributed by atoms with Gasteiger partial charge in [0.25, 0.3) is 0 Å². The van der Waals surface area contributed by atoms with Crippen molar-refractivity contribution in [1.82, 2.24) is 9.88 Å². The Morgan fingerprint density at radius 2 is 2.33 bits per heavy atom. The van der Waals surface area contributed by atoms with Crippen molar-refractivity contribution in [2.75, 3.05) is 20.1 Å². The maximum absolute atomic E-state index is 4.47. The summed E-state index contributed by atoms with van der Waals surface area (Å²) in [5.41, 5.74) is 1.32. The van der Waals surface area contributed by atoms with E-state index in [1.54, 1.807) is 0 Å². The molecule has 1 aromatic heterocycles. The highest BCUT2D eigenvalue weighted by Crippen LogP contribution is 2.08. The first-order valence-electron chi connectivity index (χ1n) is 5.49. The average molecular weight is 203 g/mol. The fourth-order valence-corrected chi connectivity index (χ4v) is 1.85. The Kier molecular flexibility index (Phi) is 3.33. The van der Waals surface area contributed by atoms with Crippen LogP contribution in [-0.2, 0) is 6.42 Å². The number of likely N-dealkylation sites (N-methyl/N-ethyl adjacent to an activating group) is 1. The van der Waals surface area contributed by atoms with Crippen LogP contribution < -0.4 is 0 Å². The molecular formula is C12H17N3. The van der Waals surface area contributed by atoms with Crippen molar-refractivity contribution in [3.63, 3.8) is 0 Å². The average Bonchev–Trinajstić information content (AvgIpc) is 2.66. The van der Waals surface area contributed by atoms with Crippen LogP contribution in [0.15, 0.2) is 29.5 Å². The summed E-state index contributed by atoms with van der Waals surface area (Å²) in [5.74, 6) is 1.26. The molecule has 3 nitrogen and oxygen atoms in total. The fraction of sp³-hybridized carbons (Fsp3) is 0.500. The first-order valence-corrected chi connectivity index (χ1v) is 5.49. The highest BCUT2D eigenvalue weighted by Gasteiger charge is 2.11. The summed E-state index contributed by atoms with van der Waals surface area (Å²) in [7, 11) is 2.12. The van der Waals surface area contributed by atoms with Gasteiger partial charge in [0, 0.05) is 32.4 Å². The SMILES string of the molecule is CN1CCN=C1CCCc1cccnc1. The molecule has 2 rings (SSSR count). The molecule has 0 radical (unpaired) electrons. The second-order valence-electron chi connectivity index (χ2n) is 3.93. The van der Waals surface area contributed by atoms with Gasteiger partial charge in [-0.05, 0) is 24.5 Å². The molecule has 15 heavy (non-hydrogen) atoms. The normalized spacial score (nSPS) is 15.5. The van der Waals surface area contributed by atoms with Crippen molar-refractivity contribution < 1.29 is 0 Å². The van der Waals surface area contributed by atoms with E-state index in [1.165, 1.54) is 11.4 Å². The Balaban J connectivity index is 1.76. The van der Waals surface area contributed by atoms with Crippen LogP contribution in [0, 0.1) is 0 Å². The standard InChI is InChI=1S/C12H17N3/c1-15-9-8-14-12(15)6-2-4-11-5-3-7-13-10-11/h3,5,7,10H,2,4,6,8-9H2,1H3. The molecule has 0 fully saturated rings. The van der Waals surface area contributed by atoms with Gasteiger partial charge in [0.1, 0.15) is 0 Å². The second kappa shape index (κ2) is 4.91. The number of amidine groups is 1. The maximum atomic E-state index is 4.47. The quantitative estimate of drug-likeness (QED) is 0.746. The molecule has 3 heteroatoms. The lowest BCUT2D eigenvalue weighted by atomic mass is 10.1. The minimum absolute atomic E-state index is 0.971. The summed E-state index contributed by atoms with van der Waals surface area (Å²) in [4.78, 5) is 10.8. The lowest BCUT2D eigenvalue weighted by Crippen LogP contribution is -2.22. The van der Waals surface area contributed by atoms with Gasteiger partial charge in [-0.15, -0.1) is 0 Å². The summed E-state index contributed by atoms with van der Waals surface area (Å²) in [6.45, 7) is 2.06. The predicted molar refractivity (Wildman–Crippen MR) is 62.1 cm³/mol. The molecule has 1 aromatic rings. The van der Waals surface area contributed by atoms with E-state index in [9.17, 15) is 0 Å². The number of aliphatic imine (C=N–C) groups is 1. The van der Waals surface area contributed by atoms with Gasteiger partial charge in [0.05, 0.1) is 12.4 Å². The minimum atomic E-state index is 0.971. The molecule has 1 aliphatic rings. The second-order valence-corrected chi connectivity index (χ2v) is 3.93. The minimum Gasteiger partial charge on any atom is -0.362 e. The van der Waals surface area contributed by atoms with Crippen molar-refractivity contribution in [2.45, 2.75) is 19.3 Å². The van der Waals surface area contributed by atoms with Crippen LogP contribution in [0.3, 0.4) is 0 Å². The number of pyridine rings is 1. The summed E-state index contributed by atoms with van der Waals surface area (Å²) in [6, 6.07) is 4.13. The predicted octanol–water partition coefficient (Wildman–Crippen LogP) is 1.75. The van der Waals surface area contributed by atoms with Gasteiger partial charge in [-0.2, -0.15) is 0 Å². The molecule has 1 aliphatic heterocycles. The van der Waals surface area contributed by atoms with E-state index in [2.05, 4.69) is 28.0 Å². The van der Waals surface area contributed by atoms with E-state index in [1.807, 2.05) is 18.5 Å². The third kappa shape index (κ3) is 2.78. The maximum Gasteiger partial charge on any atom is 0.0987 e. The van der Waals surface area contributed by atoms with E-state index in [-0.39, 0.29) is 0 Å². The molecule has 0 aliphatic carbocycles. The van der Waals surface area contributed by atoms with Crippen LogP contribution in [0.2, 0.25) is 0 Å². The molecule has 0 spiro atoms. The zero-order valence-corrected chi connectivity index (χ0v) is 9.19. The van der Waals surface area contributed by atoms with Crippen molar-refractivity contribution in [3.8, 4) is 0 Å². The van der Waals surface area contributed by atoms with Gasteiger partial charge < -0.3 is 4.90 Å². The van der Waals surface area contributed by atoms with Gasteiger partial charge in [-0.25, -0.2) is 0 Å². The Hall–Kier alpha value is -1.38. The van der Waals surface area contributed by atoms with Gasteiger partial charge in [-0.3, -0.25) is 9.98 Å². The number of hydrogen-bond donors (Lipinski definition) is 0. The van der Waals surface area contributed by atoms with Gasteiger partial charge in [0.2, 0.25) is 0 Å². The number of rotatable bonds is 4. The molecule has 0 aromatic carbocycles. The Bertz CT molecular complexity index is 332. The topological polar surface area (TPSA) is 28.5 Å². The van der Waals surface area contributed by atoms with Crippen LogP contribution in [0.5, 0.6) is 0 Å². The highest BCUT2D eigenvalue weighted by atomic mass is 15.2. The summed E-state index contributed by atoms with van der Waals surface area (Å²) >= 11 is 0. The third-order valence-corrected chi connectivity index (χ3v) is 2.76. The van der Waals surface area contributed by atoms with Crippen molar-refractivity contribution in [2.24, 2.45) is 4.99 Å². The van der Waals surface area contributed by atoms with Crippen LogP contribution in [0.25, 0.3) is 0 Å². The molecule has 0 unspecified atom stereocenters. The molecular weight excluding hydrogens is 186 g/mol. The first kappa shape index (κ1) is 10.1.